The summed E-state index contributed by atoms with van der Waals surface area (Å²) in [5, 5.41) is 23.5. The maximum atomic E-state index is 11.8. The number of carbonyl (C=O) groups is 1. The smallest absolute Gasteiger partial charge is 0.315 e. The molecule has 0 radical (unpaired) electrons. The minimum absolute atomic E-state index is 0.0551. The number of urea groups is 1. The molecule has 22 heavy (non-hydrogen) atoms. The molecule has 0 aliphatic rings. The molecule has 5 heteroatoms. The van der Waals surface area contributed by atoms with Gasteiger partial charge in [0.05, 0.1) is 18.2 Å². The highest BCUT2D eigenvalue weighted by Crippen LogP contribution is 2.08. The Morgan fingerprint density at radius 3 is 2.50 bits per heavy atom. The summed E-state index contributed by atoms with van der Waals surface area (Å²) in [6, 6.07) is 16.2. The maximum absolute atomic E-state index is 11.8. The maximum Gasteiger partial charge on any atom is 0.315 e. The fourth-order valence-corrected chi connectivity index (χ4v) is 2.06. The normalized spacial score (nSPS) is 9.82. The first kappa shape index (κ1) is 15.5. The van der Waals surface area contributed by atoms with Gasteiger partial charge < -0.3 is 15.7 Å². The average molecular weight is 295 g/mol. The number of nitrogens with zero attached hydrogens (tertiary/aromatic N) is 1. The summed E-state index contributed by atoms with van der Waals surface area (Å²) in [5.74, 6) is 0. The molecule has 0 unspecified atom stereocenters. The lowest BCUT2D eigenvalue weighted by Crippen LogP contribution is -2.34. The predicted molar refractivity (Wildman–Crippen MR) is 82.6 cm³/mol. The Morgan fingerprint density at radius 2 is 1.77 bits per heavy atom. The molecule has 5 nitrogen and oxygen atoms in total. The predicted octanol–water partition coefficient (Wildman–Crippen LogP) is 2.05. The first-order valence-corrected chi connectivity index (χ1v) is 6.91. The van der Waals surface area contributed by atoms with Crippen molar-refractivity contribution >= 4 is 6.03 Å². The molecule has 0 aliphatic heterocycles. The van der Waals surface area contributed by atoms with Crippen LogP contribution in [0.25, 0.3) is 0 Å². The van der Waals surface area contributed by atoms with E-state index in [9.17, 15) is 9.90 Å². The van der Waals surface area contributed by atoms with Crippen molar-refractivity contribution in [3.63, 3.8) is 0 Å². The second-order valence-corrected chi connectivity index (χ2v) is 4.78. The largest absolute Gasteiger partial charge is 0.392 e. The van der Waals surface area contributed by atoms with E-state index in [1.807, 2.05) is 30.3 Å². The van der Waals surface area contributed by atoms with E-state index in [0.29, 0.717) is 18.7 Å². The lowest BCUT2D eigenvalue weighted by molar-refractivity contribution is 0.239. The van der Waals surface area contributed by atoms with Crippen molar-refractivity contribution in [1.29, 1.82) is 5.26 Å². The summed E-state index contributed by atoms with van der Waals surface area (Å²) in [4.78, 5) is 11.8. The second-order valence-electron chi connectivity index (χ2n) is 4.78. The van der Waals surface area contributed by atoms with Gasteiger partial charge in [0.1, 0.15) is 0 Å². The molecule has 0 aromatic heterocycles. The molecular formula is C17H17N3O2. The first-order valence-electron chi connectivity index (χ1n) is 6.91. The van der Waals surface area contributed by atoms with Crippen molar-refractivity contribution < 1.29 is 9.90 Å². The Labute approximate surface area is 129 Å². The van der Waals surface area contributed by atoms with Gasteiger partial charge in [0.2, 0.25) is 0 Å². The standard InChI is InChI=1S/C17H17N3O2/c18-9-13-4-3-5-14(8-13)10-19-17(22)20-11-15-6-1-2-7-16(15)12-21/h1-8,21H,10-12H2,(H2,19,20,22). The van der Waals surface area contributed by atoms with Crippen LogP contribution in [-0.4, -0.2) is 11.1 Å². The quantitative estimate of drug-likeness (QED) is 0.789. The summed E-state index contributed by atoms with van der Waals surface area (Å²) in [6.45, 7) is 0.643. The SMILES string of the molecule is N#Cc1cccc(CNC(=O)NCc2ccccc2CO)c1. The Morgan fingerprint density at radius 1 is 1.05 bits per heavy atom. The van der Waals surface area contributed by atoms with E-state index in [1.165, 1.54) is 0 Å². The van der Waals surface area contributed by atoms with Gasteiger partial charge >= 0.3 is 6.03 Å². The van der Waals surface area contributed by atoms with Crippen molar-refractivity contribution in [2.45, 2.75) is 19.7 Å². The molecule has 0 aliphatic carbocycles. The number of carbonyl (C=O) groups excluding carboxylic acids is 1. The first-order chi connectivity index (χ1) is 10.7. The van der Waals surface area contributed by atoms with Crippen molar-refractivity contribution in [3.8, 4) is 6.07 Å². The molecule has 0 spiro atoms. The fourth-order valence-electron chi connectivity index (χ4n) is 2.06. The minimum atomic E-state index is -0.296. The van der Waals surface area contributed by atoms with Gasteiger partial charge in [0, 0.05) is 13.1 Å². The van der Waals surface area contributed by atoms with E-state index in [2.05, 4.69) is 16.7 Å². The van der Waals surface area contributed by atoms with Crippen LogP contribution in [0.1, 0.15) is 22.3 Å². The van der Waals surface area contributed by atoms with Crippen molar-refractivity contribution in [2.75, 3.05) is 0 Å². The Hall–Kier alpha value is -2.84. The molecule has 0 bridgehead atoms. The van der Waals surface area contributed by atoms with Crippen LogP contribution in [-0.2, 0) is 19.7 Å². The zero-order valence-corrected chi connectivity index (χ0v) is 12.0. The number of benzene rings is 2. The molecule has 0 saturated carbocycles. The Kier molecular flexibility index (Phi) is 5.52. The van der Waals surface area contributed by atoms with Gasteiger partial charge in [0.25, 0.3) is 0 Å². The molecule has 2 amide bonds. The molecule has 112 valence electrons. The summed E-state index contributed by atoms with van der Waals surface area (Å²) in [5.41, 5.74) is 3.11. The van der Waals surface area contributed by atoms with Crippen molar-refractivity contribution in [2.24, 2.45) is 0 Å². The molecule has 2 rings (SSSR count). The topological polar surface area (TPSA) is 85.2 Å². The van der Waals surface area contributed by atoms with Crippen LogP contribution in [0.3, 0.4) is 0 Å². The Bertz CT molecular complexity index is 692. The fraction of sp³-hybridized carbons (Fsp3) is 0.176. The third-order valence-corrected chi connectivity index (χ3v) is 3.24. The number of aliphatic hydroxyl groups is 1. The Balaban J connectivity index is 1.84. The summed E-state index contributed by atoms with van der Waals surface area (Å²) >= 11 is 0. The number of rotatable bonds is 5. The molecule has 0 atom stereocenters. The zero-order valence-electron chi connectivity index (χ0n) is 12.0. The summed E-state index contributed by atoms with van der Waals surface area (Å²) in [6.07, 6.45) is 0. The van der Waals surface area contributed by atoms with Gasteiger partial charge in [-0.2, -0.15) is 5.26 Å². The third kappa shape index (κ3) is 4.33. The number of nitriles is 1. The van der Waals surface area contributed by atoms with Crippen LogP contribution in [0.15, 0.2) is 48.5 Å². The molecule has 3 N–H and O–H groups in total. The summed E-state index contributed by atoms with van der Waals surface area (Å²) < 4.78 is 0. The molecule has 0 saturated heterocycles. The van der Waals surface area contributed by atoms with Crippen LogP contribution in [0, 0.1) is 11.3 Å². The molecule has 0 fully saturated rings. The highest BCUT2D eigenvalue weighted by molar-refractivity contribution is 5.73. The molecule has 0 heterocycles. The summed E-state index contributed by atoms with van der Waals surface area (Å²) in [7, 11) is 0. The zero-order chi connectivity index (χ0) is 15.8. The van der Waals surface area contributed by atoms with Crippen LogP contribution in [0.4, 0.5) is 4.79 Å². The van der Waals surface area contributed by atoms with Crippen LogP contribution >= 0.6 is 0 Å². The number of aliphatic hydroxyl groups excluding tert-OH is 1. The van der Waals surface area contributed by atoms with E-state index >= 15 is 0 Å². The van der Waals surface area contributed by atoms with Crippen LogP contribution < -0.4 is 10.6 Å². The lowest BCUT2D eigenvalue weighted by atomic mass is 10.1. The van der Waals surface area contributed by atoms with Crippen LogP contribution in [0.5, 0.6) is 0 Å². The van der Waals surface area contributed by atoms with Crippen LogP contribution in [0.2, 0.25) is 0 Å². The molecular weight excluding hydrogens is 278 g/mol. The second kappa shape index (κ2) is 7.81. The number of amides is 2. The number of hydrogen-bond acceptors (Lipinski definition) is 3. The van der Waals surface area contributed by atoms with Gasteiger partial charge in [0.15, 0.2) is 0 Å². The highest BCUT2D eigenvalue weighted by atomic mass is 16.3. The van der Waals surface area contributed by atoms with Gasteiger partial charge in [-0.15, -0.1) is 0 Å². The van der Waals surface area contributed by atoms with Gasteiger partial charge in [-0.05, 0) is 28.8 Å². The minimum Gasteiger partial charge on any atom is -0.392 e. The van der Waals surface area contributed by atoms with Crippen molar-refractivity contribution in [3.05, 3.63) is 70.8 Å². The number of nitrogens with one attached hydrogen (secondary N) is 2. The monoisotopic (exact) mass is 295 g/mol. The van der Waals surface area contributed by atoms with E-state index in [1.54, 1.807) is 18.2 Å². The number of hydrogen-bond donors (Lipinski definition) is 3. The average Bonchev–Trinajstić information content (AvgIpc) is 2.58. The van der Waals surface area contributed by atoms with E-state index in [0.717, 1.165) is 16.7 Å². The van der Waals surface area contributed by atoms with E-state index in [4.69, 9.17) is 5.26 Å². The van der Waals surface area contributed by atoms with E-state index in [-0.39, 0.29) is 12.6 Å². The lowest BCUT2D eigenvalue weighted by Gasteiger charge is -2.10. The van der Waals surface area contributed by atoms with Crippen molar-refractivity contribution in [1.82, 2.24) is 10.6 Å². The highest BCUT2D eigenvalue weighted by Gasteiger charge is 2.04. The van der Waals surface area contributed by atoms with E-state index < -0.39 is 0 Å². The molecule has 2 aromatic carbocycles. The van der Waals surface area contributed by atoms with Gasteiger partial charge in [-0.1, -0.05) is 36.4 Å². The third-order valence-electron chi connectivity index (χ3n) is 3.24. The molecule has 2 aromatic rings. The van der Waals surface area contributed by atoms with Gasteiger partial charge in [-0.25, -0.2) is 4.79 Å². The van der Waals surface area contributed by atoms with Gasteiger partial charge in [-0.3, -0.25) is 0 Å².